The number of rotatable bonds is 4. The summed E-state index contributed by atoms with van der Waals surface area (Å²) in [5.74, 6) is 0.292. The lowest BCUT2D eigenvalue weighted by Gasteiger charge is -2.07. The average Bonchev–Trinajstić information content (AvgIpc) is 1.96. The van der Waals surface area contributed by atoms with Gasteiger partial charge in [-0.15, -0.1) is 23.2 Å². The van der Waals surface area contributed by atoms with E-state index in [1.165, 1.54) is 0 Å². The van der Waals surface area contributed by atoms with Crippen LogP contribution in [0.25, 0.3) is 0 Å². The van der Waals surface area contributed by atoms with Gasteiger partial charge in [-0.1, -0.05) is 13.8 Å². The van der Waals surface area contributed by atoms with Crippen molar-refractivity contribution in [3.05, 3.63) is 0 Å². The van der Waals surface area contributed by atoms with Crippen LogP contribution >= 0.6 is 23.2 Å². The van der Waals surface area contributed by atoms with Crippen molar-refractivity contribution in [2.45, 2.75) is 18.7 Å². The molecule has 0 saturated heterocycles. The number of alkyl halides is 2. The normalized spacial score (nSPS) is 10.5. The van der Waals surface area contributed by atoms with Crippen molar-refractivity contribution in [1.82, 2.24) is 0 Å². The van der Waals surface area contributed by atoms with Gasteiger partial charge in [0.15, 0.2) is 0 Å². The molecular formula is C7H12Cl2O3. The van der Waals surface area contributed by atoms with Gasteiger partial charge in [-0.2, -0.15) is 0 Å². The fourth-order valence-corrected chi connectivity index (χ4v) is 0.533. The molecule has 0 radical (unpaired) electrons. The third-order valence-corrected chi connectivity index (χ3v) is 1.11. The van der Waals surface area contributed by atoms with Crippen LogP contribution in [-0.4, -0.2) is 24.2 Å². The number of carbonyl (C=O) groups excluding carboxylic acids is 1. The minimum atomic E-state index is -0.727. The largest absolute Gasteiger partial charge is 0.508 e. The first kappa shape index (κ1) is 11.8. The lowest BCUT2D eigenvalue weighted by Crippen LogP contribution is -2.14. The number of halogens is 2. The van der Waals surface area contributed by atoms with Crippen molar-refractivity contribution in [2.75, 3.05) is 13.2 Å². The lowest BCUT2D eigenvalue weighted by atomic mass is 10.2. The standard InChI is InChI=1S/C7H12Cl2O3/c1-5(2)3-11-7(10)12-4-6(8)9/h5-6H,3-4H2,1-2H3. The molecule has 0 saturated carbocycles. The first-order valence-electron chi connectivity index (χ1n) is 3.60. The van der Waals surface area contributed by atoms with Crippen LogP contribution in [0.2, 0.25) is 0 Å². The van der Waals surface area contributed by atoms with E-state index in [0.717, 1.165) is 0 Å². The first-order valence-corrected chi connectivity index (χ1v) is 4.47. The number of ether oxygens (including phenoxy) is 2. The molecule has 3 nitrogen and oxygen atoms in total. The van der Waals surface area contributed by atoms with Gasteiger partial charge < -0.3 is 9.47 Å². The number of hydrogen-bond donors (Lipinski definition) is 0. The summed E-state index contributed by atoms with van der Waals surface area (Å²) < 4.78 is 9.20. The van der Waals surface area contributed by atoms with Gasteiger partial charge in [-0.3, -0.25) is 0 Å². The molecule has 0 amide bonds. The molecule has 0 aliphatic heterocycles. The maximum atomic E-state index is 10.7. The highest BCUT2D eigenvalue weighted by Crippen LogP contribution is 2.02. The molecule has 0 aromatic carbocycles. The topological polar surface area (TPSA) is 35.5 Å². The number of hydrogen-bond acceptors (Lipinski definition) is 3. The molecule has 0 unspecified atom stereocenters. The Balaban J connectivity index is 3.34. The number of carbonyl (C=O) groups is 1. The Bertz CT molecular complexity index is 123. The summed E-state index contributed by atoms with van der Waals surface area (Å²) in [5.41, 5.74) is 0. The predicted molar refractivity (Wildman–Crippen MR) is 47.6 cm³/mol. The van der Waals surface area contributed by atoms with Gasteiger partial charge in [0.2, 0.25) is 0 Å². The van der Waals surface area contributed by atoms with E-state index in [4.69, 9.17) is 23.2 Å². The predicted octanol–water partition coefficient (Wildman–Crippen LogP) is 2.60. The summed E-state index contributed by atoms with van der Waals surface area (Å²) in [4.78, 5) is 9.99. The molecule has 0 aromatic rings. The highest BCUT2D eigenvalue weighted by molar-refractivity contribution is 6.44. The van der Waals surface area contributed by atoms with Crippen LogP contribution in [-0.2, 0) is 9.47 Å². The molecule has 0 bridgehead atoms. The molecule has 0 aliphatic rings. The Morgan fingerprint density at radius 2 is 1.75 bits per heavy atom. The minimum absolute atomic E-state index is 0.0416. The van der Waals surface area contributed by atoms with Crippen molar-refractivity contribution < 1.29 is 14.3 Å². The van der Waals surface area contributed by atoms with Gasteiger partial charge in [0.05, 0.1) is 6.61 Å². The Labute approximate surface area is 81.9 Å². The van der Waals surface area contributed by atoms with Crippen LogP contribution < -0.4 is 0 Å². The van der Waals surface area contributed by atoms with Gasteiger partial charge in [0, 0.05) is 0 Å². The highest BCUT2D eigenvalue weighted by Gasteiger charge is 2.07. The second-order valence-corrected chi connectivity index (χ2v) is 3.93. The van der Waals surface area contributed by atoms with Gasteiger partial charge in [-0.05, 0) is 5.92 Å². The SMILES string of the molecule is CC(C)COC(=O)OCC(Cl)Cl. The Morgan fingerprint density at radius 3 is 2.17 bits per heavy atom. The second-order valence-electron chi connectivity index (χ2n) is 2.66. The third kappa shape index (κ3) is 7.95. The zero-order chi connectivity index (χ0) is 9.56. The molecule has 0 N–H and O–H groups in total. The molecular weight excluding hydrogens is 203 g/mol. The van der Waals surface area contributed by atoms with Gasteiger partial charge in [-0.25, -0.2) is 4.79 Å². The Morgan fingerprint density at radius 1 is 1.25 bits per heavy atom. The fourth-order valence-electron chi connectivity index (χ4n) is 0.407. The summed E-state index contributed by atoms with van der Waals surface area (Å²) in [6, 6.07) is 0. The summed E-state index contributed by atoms with van der Waals surface area (Å²) in [6.45, 7) is 4.16. The fraction of sp³-hybridized carbons (Fsp3) is 0.857. The van der Waals surface area contributed by atoms with Gasteiger partial charge >= 0.3 is 6.16 Å². The molecule has 12 heavy (non-hydrogen) atoms. The summed E-state index contributed by atoms with van der Waals surface area (Å²) >= 11 is 10.6. The smallest absolute Gasteiger partial charge is 0.434 e. The summed E-state index contributed by atoms with van der Waals surface area (Å²) in [5, 5.41) is 0. The molecule has 0 heterocycles. The average molecular weight is 215 g/mol. The van der Waals surface area contributed by atoms with E-state index in [1.54, 1.807) is 0 Å². The van der Waals surface area contributed by atoms with Crippen molar-refractivity contribution >= 4 is 29.4 Å². The monoisotopic (exact) mass is 214 g/mol. The second kappa shape index (κ2) is 6.38. The van der Waals surface area contributed by atoms with Crippen LogP contribution in [0.1, 0.15) is 13.8 Å². The molecule has 0 aromatic heterocycles. The third-order valence-electron chi connectivity index (χ3n) is 0.862. The van der Waals surface area contributed by atoms with Gasteiger partial charge in [0.1, 0.15) is 11.4 Å². The lowest BCUT2D eigenvalue weighted by molar-refractivity contribution is 0.0502. The van der Waals surface area contributed by atoms with Crippen LogP contribution in [0.5, 0.6) is 0 Å². The van der Waals surface area contributed by atoms with E-state index < -0.39 is 11.0 Å². The first-order chi connectivity index (χ1) is 5.52. The van der Waals surface area contributed by atoms with Crippen molar-refractivity contribution in [2.24, 2.45) is 5.92 Å². The zero-order valence-corrected chi connectivity index (χ0v) is 8.56. The van der Waals surface area contributed by atoms with Gasteiger partial charge in [0.25, 0.3) is 0 Å². The summed E-state index contributed by atoms with van der Waals surface area (Å²) in [6.07, 6.45) is -0.727. The Kier molecular flexibility index (Phi) is 6.30. The molecule has 0 fully saturated rings. The minimum Gasteiger partial charge on any atom is -0.434 e. The quantitative estimate of drug-likeness (QED) is 0.534. The maximum Gasteiger partial charge on any atom is 0.508 e. The van der Waals surface area contributed by atoms with Crippen molar-refractivity contribution in [3.63, 3.8) is 0 Å². The van der Waals surface area contributed by atoms with Crippen LogP contribution in [0.15, 0.2) is 0 Å². The maximum absolute atomic E-state index is 10.7. The van der Waals surface area contributed by atoms with E-state index >= 15 is 0 Å². The van der Waals surface area contributed by atoms with Crippen LogP contribution in [0.4, 0.5) is 4.79 Å². The van der Waals surface area contributed by atoms with Crippen LogP contribution in [0.3, 0.4) is 0 Å². The van der Waals surface area contributed by atoms with E-state index in [1.807, 2.05) is 13.8 Å². The zero-order valence-electron chi connectivity index (χ0n) is 7.05. The summed E-state index contributed by atoms with van der Waals surface area (Å²) in [7, 11) is 0. The molecule has 0 rings (SSSR count). The molecule has 0 aliphatic carbocycles. The van der Waals surface area contributed by atoms with Crippen molar-refractivity contribution in [3.8, 4) is 0 Å². The molecule has 72 valence electrons. The van der Waals surface area contributed by atoms with E-state index in [-0.39, 0.29) is 6.61 Å². The van der Waals surface area contributed by atoms with E-state index in [9.17, 15) is 4.79 Å². The molecule has 0 spiro atoms. The highest BCUT2D eigenvalue weighted by atomic mass is 35.5. The van der Waals surface area contributed by atoms with Crippen molar-refractivity contribution in [1.29, 1.82) is 0 Å². The van der Waals surface area contributed by atoms with Crippen LogP contribution in [0, 0.1) is 5.92 Å². The molecule has 5 heteroatoms. The molecule has 0 atom stereocenters. The van der Waals surface area contributed by atoms with E-state index in [0.29, 0.717) is 12.5 Å². The Hall–Kier alpha value is -0.150. The van der Waals surface area contributed by atoms with E-state index in [2.05, 4.69) is 9.47 Å².